The molecule has 1 fully saturated rings. The van der Waals surface area contributed by atoms with Gasteiger partial charge in [0.2, 0.25) is 0 Å². The van der Waals surface area contributed by atoms with Crippen molar-refractivity contribution in [2.45, 2.75) is 32.2 Å². The number of carbonyl (C=O) groups is 1. The minimum Gasteiger partial charge on any atom is -0.478 e. The van der Waals surface area contributed by atoms with Crippen molar-refractivity contribution in [1.29, 1.82) is 0 Å². The molecule has 0 radical (unpaired) electrons. The first-order valence-electron chi connectivity index (χ1n) is 6.29. The molecule has 0 bridgehead atoms. The summed E-state index contributed by atoms with van der Waals surface area (Å²) in [6.07, 6.45) is 3.12. The molecule has 0 saturated carbocycles. The highest BCUT2D eigenvalue weighted by Crippen LogP contribution is 2.33. The monoisotopic (exact) mass is 264 g/mol. The Morgan fingerprint density at radius 1 is 1.47 bits per heavy atom. The Balaban J connectivity index is 2.44. The van der Waals surface area contributed by atoms with Gasteiger partial charge < -0.3 is 10.0 Å². The molecule has 102 valence electrons. The third-order valence-corrected chi connectivity index (χ3v) is 3.53. The number of aromatic carboxylic acids is 1. The smallest absolute Gasteiger partial charge is 0.335 e. The van der Waals surface area contributed by atoms with E-state index in [9.17, 15) is 14.9 Å². The molecule has 0 aromatic heterocycles. The molecule has 1 aliphatic rings. The number of anilines is 1. The molecule has 0 unspecified atom stereocenters. The molecule has 1 atom stereocenters. The van der Waals surface area contributed by atoms with Crippen LogP contribution in [0.25, 0.3) is 0 Å². The van der Waals surface area contributed by atoms with Crippen LogP contribution >= 0.6 is 0 Å². The maximum atomic E-state index is 11.1. The second-order valence-electron chi connectivity index (χ2n) is 4.80. The SMILES string of the molecule is C[C@H]1CCCCN1c1ccc(C(=O)O)cc1[N+](=O)[O-]. The van der Waals surface area contributed by atoms with Crippen LogP contribution in [0, 0.1) is 10.1 Å². The van der Waals surface area contributed by atoms with Crippen molar-refractivity contribution in [3.8, 4) is 0 Å². The lowest BCUT2D eigenvalue weighted by atomic mass is 10.0. The first-order valence-corrected chi connectivity index (χ1v) is 6.29. The van der Waals surface area contributed by atoms with Gasteiger partial charge in [-0.25, -0.2) is 4.79 Å². The van der Waals surface area contributed by atoms with E-state index < -0.39 is 10.9 Å². The second-order valence-corrected chi connectivity index (χ2v) is 4.80. The third-order valence-electron chi connectivity index (χ3n) is 3.53. The summed E-state index contributed by atoms with van der Waals surface area (Å²) in [5.74, 6) is -1.15. The van der Waals surface area contributed by atoms with Crippen LogP contribution < -0.4 is 4.90 Å². The lowest BCUT2D eigenvalue weighted by molar-refractivity contribution is -0.384. The highest BCUT2D eigenvalue weighted by molar-refractivity contribution is 5.89. The summed E-state index contributed by atoms with van der Waals surface area (Å²) in [7, 11) is 0. The Kier molecular flexibility index (Phi) is 3.69. The Labute approximate surface area is 110 Å². The molecule has 0 amide bonds. The van der Waals surface area contributed by atoms with E-state index in [2.05, 4.69) is 0 Å². The molecule has 1 N–H and O–H groups in total. The second kappa shape index (κ2) is 5.26. The van der Waals surface area contributed by atoms with Crippen LogP contribution in [0.5, 0.6) is 0 Å². The molecule has 1 saturated heterocycles. The van der Waals surface area contributed by atoms with E-state index in [1.54, 1.807) is 6.07 Å². The average Bonchev–Trinajstić information content (AvgIpc) is 2.38. The predicted octanol–water partition coefficient (Wildman–Crippen LogP) is 2.67. The van der Waals surface area contributed by atoms with E-state index >= 15 is 0 Å². The van der Waals surface area contributed by atoms with Crippen LogP contribution in [0.3, 0.4) is 0 Å². The molecule has 6 heteroatoms. The van der Waals surface area contributed by atoms with Crippen LogP contribution in [0.1, 0.15) is 36.5 Å². The molecule has 1 aromatic carbocycles. The maximum absolute atomic E-state index is 11.1. The number of carboxylic acids is 1. The van der Waals surface area contributed by atoms with Gasteiger partial charge in [0, 0.05) is 18.7 Å². The van der Waals surface area contributed by atoms with Crippen molar-refractivity contribution in [3.05, 3.63) is 33.9 Å². The zero-order valence-corrected chi connectivity index (χ0v) is 10.7. The largest absolute Gasteiger partial charge is 0.478 e. The van der Waals surface area contributed by atoms with Crippen LogP contribution in [0.4, 0.5) is 11.4 Å². The van der Waals surface area contributed by atoms with Gasteiger partial charge in [-0.15, -0.1) is 0 Å². The number of benzene rings is 1. The van der Waals surface area contributed by atoms with Gasteiger partial charge in [-0.2, -0.15) is 0 Å². The summed E-state index contributed by atoms with van der Waals surface area (Å²) < 4.78 is 0. The summed E-state index contributed by atoms with van der Waals surface area (Å²) in [6, 6.07) is 4.34. The molecule has 1 aliphatic heterocycles. The van der Waals surface area contributed by atoms with Crippen molar-refractivity contribution < 1.29 is 14.8 Å². The number of nitro groups is 1. The van der Waals surface area contributed by atoms with Crippen molar-refractivity contribution in [2.24, 2.45) is 0 Å². The number of hydrogen-bond donors (Lipinski definition) is 1. The summed E-state index contributed by atoms with van der Waals surface area (Å²) in [5, 5.41) is 20.0. The normalized spacial score (nSPS) is 19.2. The van der Waals surface area contributed by atoms with Gasteiger partial charge in [-0.3, -0.25) is 10.1 Å². The highest BCUT2D eigenvalue weighted by Gasteiger charge is 2.26. The Morgan fingerprint density at radius 3 is 2.79 bits per heavy atom. The van der Waals surface area contributed by atoms with E-state index in [1.165, 1.54) is 6.07 Å². The van der Waals surface area contributed by atoms with Crippen LogP contribution in [-0.2, 0) is 0 Å². The number of rotatable bonds is 3. The maximum Gasteiger partial charge on any atom is 0.335 e. The molecular formula is C13H16N2O4. The Bertz CT molecular complexity index is 515. The van der Waals surface area contributed by atoms with Crippen molar-refractivity contribution >= 4 is 17.3 Å². The van der Waals surface area contributed by atoms with E-state index in [0.29, 0.717) is 5.69 Å². The lowest BCUT2D eigenvalue weighted by Gasteiger charge is -2.35. The van der Waals surface area contributed by atoms with Gasteiger partial charge >= 0.3 is 5.97 Å². The Hall–Kier alpha value is -2.11. The quantitative estimate of drug-likeness (QED) is 0.670. The first-order chi connectivity index (χ1) is 9.00. The fourth-order valence-corrected chi connectivity index (χ4v) is 2.50. The third kappa shape index (κ3) is 2.67. The number of carboxylic acid groups (broad SMARTS) is 1. The summed E-state index contributed by atoms with van der Waals surface area (Å²) >= 11 is 0. The molecule has 1 heterocycles. The average molecular weight is 264 g/mol. The standard InChI is InChI=1S/C13H16N2O4/c1-9-4-2-3-7-14(9)11-6-5-10(13(16)17)8-12(11)15(18)19/h5-6,8-9H,2-4,7H2,1H3,(H,16,17)/t9-/m0/s1. The number of nitro benzene ring substituents is 1. The van der Waals surface area contributed by atoms with Crippen LogP contribution in [0.2, 0.25) is 0 Å². The summed E-state index contributed by atoms with van der Waals surface area (Å²) in [6.45, 7) is 2.81. The number of piperidine rings is 1. The lowest BCUT2D eigenvalue weighted by Crippen LogP contribution is -2.37. The van der Waals surface area contributed by atoms with Gasteiger partial charge in [0.25, 0.3) is 5.69 Å². The zero-order valence-electron chi connectivity index (χ0n) is 10.7. The molecule has 19 heavy (non-hydrogen) atoms. The van der Waals surface area contributed by atoms with Gasteiger partial charge in [0.05, 0.1) is 10.5 Å². The number of hydrogen-bond acceptors (Lipinski definition) is 4. The van der Waals surface area contributed by atoms with E-state index in [0.717, 1.165) is 31.9 Å². The van der Waals surface area contributed by atoms with Gasteiger partial charge in [-0.05, 0) is 38.3 Å². The van der Waals surface area contributed by atoms with Gasteiger partial charge in [-0.1, -0.05) is 0 Å². The first kappa shape index (κ1) is 13.3. The fourth-order valence-electron chi connectivity index (χ4n) is 2.50. The fraction of sp³-hybridized carbons (Fsp3) is 0.462. The molecule has 0 aliphatic carbocycles. The molecule has 2 rings (SSSR count). The predicted molar refractivity (Wildman–Crippen MR) is 70.7 cm³/mol. The van der Waals surface area contributed by atoms with E-state index in [-0.39, 0.29) is 17.3 Å². The summed E-state index contributed by atoms with van der Waals surface area (Å²) in [4.78, 5) is 23.5. The van der Waals surface area contributed by atoms with Gasteiger partial charge in [0.15, 0.2) is 0 Å². The minimum absolute atomic E-state index is 0.0555. The van der Waals surface area contributed by atoms with Crippen LogP contribution in [0.15, 0.2) is 18.2 Å². The Morgan fingerprint density at radius 2 is 2.21 bits per heavy atom. The molecule has 6 nitrogen and oxygen atoms in total. The van der Waals surface area contributed by atoms with Gasteiger partial charge in [0.1, 0.15) is 5.69 Å². The van der Waals surface area contributed by atoms with Crippen molar-refractivity contribution in [2.75, 3.05) is 11.4 Å². The molecule has 1 aromatic rings. The number of nitrogens with zero attached hydrogens (tertiary/aromatic N) is 2. The van der Waals surface area contributed by atoms with Crippen LogP contribution in [-0.4, -0.2) is 28.6 Å². The summed E-state index contributed by atoms with van der Waals surface area (Å²) in [5.41, 5.74) is 0.330. The van der Waals surface area contributed by atoms with Crippen molar-refractivity contribution in [1.82, 2.24) is 0 Å². The minimum atomic E-state index is -1.15. The highest BCUT2D eigenvalue weighted by atomic mass is 16.6. The molecular weight excluding hydrogens is 248 g/mol. The van der Waals surface area contributed by atoms with E-state index in [4.69, 9.17) is 5.11 Å². The van der Waals surface area contributed by atoms with E-state index in [1.807, 2.05) is 11.8 Å². The zero-order chi connectivity index (χ0) is 14.0. The topological polar surface area (TPSA) is 83.7 Å². The molecule has 0 spiro atoms. The van der Waals surface area contributed by atoms with Crippen molar-refractivity contribution in [3.63, 3.8) is 0 Å².